The highest BCUT2D eigenvalue weighted by Crippen LogP contribution is 2.37. The predicted molar refractivity (Wildman–Crippen MR) is 132 cm³/mol. The molecule has 0 radical (unpaired) electrons. The zero-order valence-corrected chi connectivity index (χ0v) is 19.2. The molecule has 7 heteroatoms. The summed E-state index contributed by atoms with van der Waals surface area (Å²) in [4.78, 5) is 15.9. The van der Waals surface area contributed by atoms with Crippen molar-refractivity contribution in [2.75, 3.05) is 0 Å². The van der Waals surface area contributed by atoms with E-state index in [4.69, 9.17) is 23.2 Å². The van der Waals surface area contributed by atoms with Gasteiger partial charge in [0, 0.05) is 0 Å². The van der Waals surface area contributed by atoms with Crippen molar-refractivity contribution in [3.63, 3.8) is 0 Å². The Morgan fingerprint density at radius 3 is 2.69 bits per heavy atom. The first kappa shape index (κ1) is 22.5. The van der Waals surface area contributed by atoms with Crippen LogP contribution in [-0.4, -0.2) is 21.2 Å². The van der Waals surface area contributed by atoms with Gasteiger partial charge < -0.3 is 10.2 Å². The molecule has 0 aliphatic carbocycles. The molecule has 2 aromatic carbocycles. The van der Waals surface area contributed by atoms with Gasteiger partial charge in [-0.15, -0.1) is 11.3 Å². The van der Waals surface area contributed by atoms with E-state index in [9.17, 15) is 15.0 Å². The smallest absolute Gasteiger partial charge is 0.335 e. The summed E-state index contributed by atoms with van der Waals surface area (Å²) in [5.74, 6) is -0.958. The number of aliphatic hydroxyl groups is 1. The fraction of sp³-hybridized carbons (Fsp3) is 0.120. The van der Waals surface area contributed by atoms with Crippen LogP contribution in [0.1, 0.15) is 45.3 Å². The first-order chi connectivity index (χ1) is 15.4. The summed E-state index contributed by atoms with van der Waals surface area (Å²) in [5.41, 5.74) is 4.12. The highest BCUT2D eigenvalue weighted by atomic mass is 35.5. The number of fused-ring (bicyclic) bond motifs is 1. The molecular weight excluding hydrogens is 465 g/mol. The first-order valence-electron chi connectivity index (χ1n) is 9.94. The number of thiophene rings is 1. The molecule has 0 aliphatic rings. The van der Waals surface area contributed by atoms with Crippen molar-refractivity contribution in [3.8, 4) is 0 Å². The van der Waals surface area contributed by atoms with Crippen molar-refractivity contribution >= 4 is 62.9 Å². The Morgan fingerprint density at radius 1 is 1.06 bits per heavy atom. The maximum Gasteiger partial charge on any atom is 0.335 e. The van der Waals surface area contributed by atoms with E-state index < -0.39 is 12.1 Å². The lowest BCUT2D eigenvalue weighted by Crippen LogP contribution is -2.05. The fourth-order valence-electron chi connectivity index (χ4n) is 3.49. The number of nitrogens with zero attached hydrogens (tertiary/aromatic N) is 1. The molecule has 2 aromatic heterocycles. The number of aryl methyl sites for hydroxylation is 1. The van der Waals surface area contributed by atoms with Gasteiger partial charge in [0.05, 0.1) is 27.1 Å². The van der Waals surface area contributed by atoms with Crippen LogP contribution in [0.25, 0.3) is 22.4 Å². The third-order valence-corrected chi connectivity index (χ3v) is 7.07. The molecule has 162 valence electrons. The van der Waals surface area contributed by atoms with Crippen LogP contribution in [0.2, 0.25) is 9.36 Å². The summed E-state index contributed by atoms with van der Waals surface area (Å²) < 4.78 is 1.47. The van der Waals surface area contributed by atoms with Crippen molar-refractivity contribution in [1.82, 2.24) is 4.98 Å². The van der Waals surface area contributed by atoms with Crippen molar-refractivity contribution in [1.29, 1.82) is 0 Å². The average Bonchev–Trinajstić information content (AvgIpc) is 3.09. The van der Waals surface area contributed by atoms with Crippen LogP contribution in [0.5, 0.6) is 0 Å². The number of pyridine rings is 1. The lowest BCUT2D eigenvalue weighted by Gasteiger charge is -2.13. The summed E-state index contributed by atoms with van der Waals surface area (Å²) >= 11 is 13.7. The molecule has 1 atom stereocenters. The molecule has 0 spiro atoms. The number of hydrogen-bond donors (Lipinski definition) is 2. The topological polar surface area (TPSA) is 70.4 Å². The third kappa shape index (κ3) is 5.03. The van der Waals surface area contributed by atoms with Gasteiger partial charge in [0.25, 0.3) is 0 Å². The Morgan fingerprint density at radius 2 is 1.88 bits per heavy atom. The molecule has 4 nitrogen and oxygen atoms in total. The van der Waals surface area contributed by atoms with E-state index in [1.165, 1.54) is 11.3 Å². The molecule has 4 aromatic rings. The number of aromatic nitrogens is 1. The minimum atomic E-state index is -0.958. The van der Waals surface area contributed by atoms with E-state index in [1.54, 1.807) is 18.2 Å². The number of benzene rings is 2. The van der Waals surface area contributed by atoms with Gasteiger partial charge in [0.2, 0.25) is 0 Å². The summed E-state index contributed by atoms with van der Waals surface area (Å²) in [6.07, 6.45) is 4.00. The predicted octanol–water partition coefficient (Wildman–Crippen LogP) is 7.14. The third-order valence-electron chi connectivity index (χ3n) is 5.14. The molecule has 0 amide bonds. The molecule has 4 rings (SSSR count). The van der Waals surface area contributed by atoms with E-state index in [0.29, 0.717) is 33.3 Å². The normalized spacial score (nSPS) is 12.5. The molecule has 0 bridgehead atoms. The molecule has 0 saturated heterocycles. The average molecular weight is 484 g/mol. The number of hydrogen-bond acceptors (Lipinski definition) is 4. The Kier molecular flexibility index (Phi) is 6.92. The van der Waals surface area contributed by atoms with Crippen LogP contribution in [-0.2, 0) is 6.42 Å². The minimum Gasteiger partial charge on any atom is -0.478 e. The number of carboxylic acids is 1. The lowest BCUT2D eigenvalue weighted by molar-refractivity contribution is 0.0695. The van der Waals surface area contributed by atoms with Crippen LogP contribution >= 0.6 is 34.5 Å². The van der Waals surface area contributed by atoms with Crippen LogP contribution in [0.4, 0.5) is 0 Å². The van der Waals surface area contributed by atoms with Crippen molar-refractivity contribution in [2.45, 2.75) is 18.9 Å². The molecular formula is C25H19Cl2NO3S. The molecule has 0 saturated carbocycles. The number of aliphatic hydroxyl groups excluding tert-OH is 1. The Labute approximate surface area is 199 Å². The Bertz CT molecular complexity index is 1320. The van der Waals surface area contributed by atoms with Gasteiger partial charge in [0.1, 0.15) is 9.85 Å². The summed E-state index contributed by atoms with van der Waals surface area (Å²) in [6, 6.07) is 18.3. The second kappa shape index (κ2) is 9.84. The molecule has 2 N–H and O–H groups in total. The highest BCUT2D eigenvalue weighted by Gasteiger charge is 2.13. The maximum absolute atomic E-state index is 11.4. The van der Waals surface area contributed by atoms with Gasteiger partial charge in [-0.05, 0) is 59.9 Å². The number of carboxylic acid groups (broad SMARTS) is 1. The SMILES string of the molecule is O=C(O)c1ccccc1CCC(O)c1cccc(C=Cc2ccc3sc(Cl)c(Cl)c3n2)c1. The number of aromatic carboxylic acids is 1. The van der Waals surface area contributed by atoms with Crippen molar-refractivity contribution in [3.05, 3.63) is 98.0 Å². The zero-order chi connectivity index (χ0) is 22.7. The molecule has 2 heterocycles. The van der Waals surface area contributed by atoms with Crippen molar-refractivity contribution < 1.29 is 15.0 Å². The van der Waals surface area contributed by atoms with Crippen LogP contribution in [0.3, 0.4) is 0 Å². The second-order valence-electron chi connectivity index (χ2n) is 7.29. The van der Waals surface area contributed by atoms with Gasteiger partial charge in [-0.25, -0.2) is 9.78 Å². The highest BCUT2D eigenvalue weighted by molar-refractivity contribution is 7.23. The number of rotatable bonds is 7. The molecule has 1 unspecified atom stereocenters. The maximum atomic E-state index is 11.4. The lowest BCUT2D eigenvalue weighted by atomic mass is 9.97. The van der Waals surface area contributed by atoms with Gasteiger partial charge in [-0.3, -0.25) is 0 Å². The van der Waals surface area contributed by atoms with Crippen LogP contribution < -0.4 is 0 Å². The standard InChI is InChI=1S/C25H19Cl2NO3S/c26-22-23-21(32-24(22)27)13-11-18(28-23)10-8-15-4-3-6-17(14-15)20(29)12-9-16-5-1-2-7-19(16)25(30)31/h1-8,10-11,13-14,20,29H,9,12H2,(H,30,31). The minimum absolute atomic E-state index is 0.271. The van der Waals surface area contributed by atoms with Crippen molar-refractivity contribution in [2.24, 2.45) is 0 Å². The van der Waals surface area contributed by atoms with E-state index in [-0.39, 0.29) is 5.56 Å². The second-order valence-corrected chi connectivity index (χ2v) is 9.33. The van der Waals surface area contributed by atoms with Crippen LogP contribution in [0.15, 0.2) is 60.7 Å². The number of halogens is 2. The quantitative estimate of drug-likeness (QED) is 0.293. The molecule has 0 fully saturated rings. The largest absolute Gasteiger partial charge is 0.478 e. The monoisotopic (exact) mass is 483 g/mol. The van der Waals surface area contributed by atoms with Crippen LogP contribution in [0, 0.1) is 0 Å². The first-order valence-corrected chi connectivity index (χ1v) is 11.5. The van der Waals surface area contributed by atoms with Gasteiger partial charge in [-0.1, -0.05) is 65.7 Å². The number of carbonyl (C=O) groups is 1. The molecule has 0 aliphatic heterocycles. The Hall–Kier alpha value is -2.70. The van der Waals surface area contributed by atoms with Gasteiger partial charge in [0.15, 0.2) is 0 Å². The fourth-order valence-corrected chi connectivity index (χ4v) is 4.90. The van der Waals surface area contributed by atoms with E-state index >= 15 is 0 Å². The van der Waals surface area contributed by atoms with E-state index in [0.717, 1.165) is 21.5 Å². The van der Waals surface area contributed by atoms with E-state index in [2.05, 4.69) is 4.98 Å². The van der Waals surface area contributed by atoms with Gasteiger partial charge >= 0.3 is 5.97 Å². The van der Waals surface area contributed by atoms with Gasteiger partial charge in [-0.2, -0.15) is 0 Å². The molecule has 32 heavy (non-hydrogen) atoms. The van der Waals surface area contributed by atoms with E-state index in [1.807, 2.05) is 54.6 Å². The zero-order valence-electron chi connectivity index (χ0n) is 16.8. The summed E-state index contributed by atoms with van der Waals surface area (Å²) in [5, 5.41) is 20.5. The summed E-state index contributed by atoms with van der Waals surface area (Å²) in [6.45, 7) is 0. The summed E-state index contributed by atoms with van der Waals surface area (Å²) in [7, 11) is 0. The Balaban J connectivity index is 1.47.